The Balaban J connectivity index is 0.00000121. The van der Waals surface area contributed by atoms with Gasteiger partial charge in [-0.25, -0.2) is 0 Å². The van der Waals surface area contributed by atoms with Crippen molar-refractivity contribution in [1.82, 2.24) is 0 Å². The van der Waals surface area contributed by atoms with Crippen molar-refractivity contribution in [2.45, 2.75) is 31.1 Å². The number of hydrogen-bond donors (Lipinski definition) is 1. The SMILES string of the molecule is CC(C)(C)c1ccc(S)cc1.[Zn+2]. The molecular weight excluding hydrogens is 218 g/mol. The van der Waals surface area contributed by atoms with Crippen LogP contribution < -0.4 is 0 Å². The Bertz CT molecular complexity index is 233. The largest absolute Gasteiger partial charge is 2.00 e. The summed E-state index contributed by atoms with van der Waals surface area (Å²) in [5.41, 5.74) is 1.61. The fourth-order valence-corrected chi connectivity index (χ4v) is 1.11. The summed E-state index contributed by atoms with van der Waals surface area (Å²) in [4.78, 5) is 1.03. The van der Waals surface area contributed by atoms with Crippen LogP contribution in [0.3, 0.4) is 0 Å². The van der Waals surface area contributed by atoms with Gasteiger partial charge in [-0.3, -0.25) is 0 Å². The summed E-state index contributed by atoms with van der Waals surface area (Å²) in [6.07, 6.45) is 0. The molecule has 0 saturated carbocycles. The van der Waals surface area contributed by atoms with Crippen LogP contribution in [0.5, 0.6) is 0 Å². The third-order valence-corrected chi connectivity index (χ3v) is 2.03. The summed E-state index contributed by atoms with van der Waals surface area (Å²) in [5, 5.41) is 0. The molecule has 0 aromatic heterocycles. The molecule has 0 atom stereocenters. The first-order valence-corrected chi connectivity index (χ1v) is 4.24. The van der Waals surface area contributed by atoms with Gasteiger partial charge in [0.25, 0.3) is 0 Å². The van der Waals surface area contributed by atoms with Crippen LogP contribution in [0, 0.1) is 0 Å². The van der Waals surface area contributed by atoms with Gasteiger partial charge in [0.1, 0.15) is 0 Å². The Labute approximate surface area is 92.9 Å². The van der Waals surface area contributed by atoms with E-state index in [9.17, 15) is 0 Å². The van der Waals surface area contributed by atoms with E-state index in [1.165, 1.54) is 5.56 Å². The Morgan fingerprint density at radius 3 is 1.75 bits per heavy atom. The zero-order valence-electron chi connectivity index (χ0n) is 7.96. The van der Waals surface area contributed by atoms with Crippen molar-refractivity contribution in [2.75, 3.05) is 0 Å². The van der Waals surface area contributed by atoms with Gasteiger partial charge in [0, 0.05) is 4.90 Å². The summed E-state index contributed by atoms with van der Waals surface area (Å²) < 4.78 is 0. The third kappa shape index (κ3) is 3.29. The van der Waals surface area contributed by atoms with Crippen molar-refractivity contribution >= 4 is 12.6 Å². The molecule has 0 aliphatic carbocycles. The predicted molar refractivity (Wildman–Crippen MR) is 52.4 cm³/mol. The van der Waals surface area contributed by atoms with E-state index in [4.69, 9.17) is 0 Å². The number of rotatable bonds is 0. The fourth-order valence-electron chi connectivity index (χ4n) is 0.961. The molecule has 0 fully saturated rings. The van der Waals surface area contributed by atoms with Crippen LogP contribution in [0.4, 0.5) is 0 Å². The van der Waals surface area contributed by atoms with E-state index in [1.54, 1.807) is 0 Å². The maximum atomic E-state index is 4.23. The van der Waals surface area contributed by atoms with Crippen LogP contribution in [0.15, 0.2) is 29.2 Å². The minimum absolute atomic E-state index is 0. The van der Waals surface area contributed by atoms with Crippen molar-refractivity contribution in [3.63, 3.8) is 0 Å². The molecule has 0 amide bonds. The van der Waals surface area contributed by atoms with Crippen molar-refractivity contribution in [1.29, 1.82) is 0 Å². The summed E-state index contributed by atoms with van der Waals surface area (Å²) >= 11 is 4.23. The molecule has 1 rings (SSSR count). The van der Waals surface area contributed by atoms with Crippen LogP contribution in [-0.4, -0.2) is 0 Å². The van der Waals surface area contributed by atoms with E-state index in [0.717, 1.165) is 4.90 Å². The number of benzene rings is 1. The molecule has 0 spiro atoms. The predicted octanol–water partition coefficient (Wildman–Crippen LogP) is 3.27. The Morgan fingerprint density at radius 2 is 1.42 bits per heavy atom. The normalized spacial score (nSPS) is 10.7. The molecule has 0 nitrogen and oxygen atoms in total. The molecule has 0 aliphatic rings. The Hall–Kier alpha value is 0.193. The maximum absolute atomic E-state index is 4.23. The van der Waals surface area contributed by atoms with E-state index < -0.39 is 0 Å². The maximum Gasteiger partial charge on any atom is 2.00 e. The summed E-state index contributed by atoms with van der Waals surface area (Å²) in [7, 11) is 0. The molecule has 0 unspecified atom stereocenters. The average molecular weight is 232 g/mol. The molecule has 1 aromatic rings. The topological polar surface area (TPSA) is 0 Å². The average Bonchev–Trinajstić information content (AvgIpc) is 1.86. The van der Waals surface area contributed by atoms with Gasteiger partial charge in [-0.15, -0.1) is 12.6 Å². The van der Waals surface area contributed by atoms with Crippen molar-refractivity contribution in [2.24, 2.45) is 0 Å². The first-order valence-electron chi connectivity index (χ1n) is 3.79. The molecule has 2 heteroatoms. The summed E-state index contributed by atoms with van der Waals surface area (Å²) in [5.74, 6) is 0. The van der Waals surface area contributed by atoms with E-state index in [1.807, 2.05) is 12.1 Å². The van der Waals surface area contributed by atoms with Gasteiger partial charge >= 0.3 is 19.5 Å². The van der Waals surface area contributed by atoms with Crippen LogP contribution in [-0.2, 0) is 24.9 Å². The molecule has 0 aliphatic heterocycles. The van der Waals surface area contributed by atoms with Gasteiger partial charge in [-0.2, -0.15) is 0 Å². The molecule has 0 radical (unpaired) electrons. The Kier molecular flexibility index (Phi) is 4.51. The standard InChI is InChI=1S/C10H14S.Zn/c1-10(2,3)8-4-6-9(11)7-5-8;/h4-7,11H,1-3H3;/q;+2. The van der Waals surface area contributed by atoms with Crippen molar-refractivity contribution in [3.8, 4) is 0 Å². The quantitative estimate of drug-likeness (QED) is 0.514. The van der Waals surface area contributed by atoms with E-state index in [-0.39, 0.29) is 24.9 Å². The minimum atomic E-state index is 0. The van der Waals surface area contributed by atoms with E-state index in [2.05, 4.69) is 45.5 Å². The van der Waals surface area contributed by atoms with Gasteiger partial charge in [-0.1, -0.05) is 32.9 Å². The summed E-state index contributed by atoms with van der Waals surface area (Å²) in [6, 6.07) is 8.32. The second-order valence-corrected chi connectivity index (χ2v) is 4.31. The van der Waals surface area contributed by atoms with Crippen LogP contribution in [0.2, 0.25) is 0 Å². The first kappa shape index (κ1) is 12.2. The van der Waals surface area contributed by atoms with E-state index in [0.29, 0.717) is 0 Å². The zero-order valence-corrected chi connectivity index (χ0v) is 11.8. The molecular formula is C10H14SZn+2. The first-order chi connectivity index (χ1) is 5.00. The monoisotopic (exact) mass is 230 g/mol. The second kappa shape index (κ2) is 4.44. The molecule has 1 aromatic carbocycles. The van der Waals surface area contributed by atoms with Crippen molar-refractivity contribution in [3.05, 3.63) is 29.8 Å². The van der Waals surface area contributed by atoms with Gasteiger partial charge in [-0.05, 0) is 23.1 Å². The van der Waals surface area contributed by atoms with E-state index >= 15 is 0 Å². The van der Waals surface area contributed by atoms with Gasteiger partial charge < -0.3 is 0 Å². The van der Waals surface area contributed by atoms with Crippen LogP contribution >= 0.6 is 12.6 Å². The molecule has 0 heterocycles. The molecule has 0 saturated heterocycles. The minimum Gasteiger partial charge on any atom is -0.143 e. The Morgan fingerprint density at radius 1 is 1.00 bits per heavy atom. The number of thiol groups is 1. The fraction of sp³-hybridized carbons (Fsp3) is 0.400. The summed E-state index contributed by atoms with van der Waals surface area (Å²) in [6.45, 7) is 6.63. The van der Waals surface area contributed by atoms with Gasteiger partial charge in [0.15, 0.2) is 0 Å². The molecule has 0 N–H and O–H groups in total. The van der Waals surface area contributed by atoms with Gasteiger partial charge in [0.05, 0.1) is 0 Å². The molecule has 60 valence electrons. The smallest absolute Gasteiger partial charge is 0.143 e. The number of hydrogen-bond acceptors (Lipinski definition) is 1. The third-order valence-electron chi connectivity index (χ3n) is 1.73. The zero-order chi connectivity index (χ0) is 8.48. The van der Waals surface area contributed by atoms with Crippen LogP contribution in [0.1, 0.15) is 26.3 Å². The molecule has 0 bridgehead atoms. The van der Waals surface area contributed by atoms with Crippen molar-refractivity contribution < 1.29 is 19.5 Å². The second-order valence-electron chi connectivity index (χ2n) is 3.80. The van der Waals surface area contributed by atoms with Crippen LogP contribution in [0.25, 0.3) is 0 Å². The molecule has 12 heavy (non-hydrogen) atoms. The van der Waals surface area contributed by atoms with Gasteiger partial charge in [0.2, 0.25) is 0 Å².